The molecule has 9 nitrogen and oxygen atoms in total. The van der Waals surface area contributed by atoms with Crippen LogP contribution in [0, 0.1) is 0 Å². The number of rotatable bonds is 9. The number of hydrogen-bond donors (Lipinski definition) is 1. The van der Waals surface area contributed by atoms with Crippen molar-refractivity contribution >= 4 is 25.5 Å². The number of hydroxylamine groups is 2. The number of amides is 2. The summed E-state index contributed by atoms with van der Waals surface area (Å²) >= 11 is 0. The molecule has 2 amide bonds. The molecule has 0 spiro atoms. The molecule has 1 aromatic carbocycles. The van der Waals surface area contributed by atoms with E-state index in [0.29, 0.717) is 11.5 Å². The third-order valence-electron chi connectivity index (χ3n) is 3.32. The lowest BCUT2D eigenvalue weighted by molar-refractivity contribution is -0.166. The van der Waals surface area contributed by atoms with Crippen LogP contribution in [0.25, 0.3) is 0 Å². The monoisotopic (exact) mass is 384 g/mol. The van der Waals surface area contributed by atoms with Crippen molar-refractivity contribution in [2.24, 2.45) is 0 Å². The van der Waals surface area contributed by atoms with Gasteiger partial charge in [-0.1, -0.05) is 25.1 Å². The van der Waals surface area contributed by atoms with Crippen LogP contribution in [0.3, 0.4) is 0 Å². The van der Waals surface area contributed by atoms with E-state index in [1.54, 1.807) is 18.2 Å². The maximum absolute atomic E-state index is 13.1. The van der Waals surface area contributed by atoms with Gasteiger partial charge in [0.05, 0.1) is 6.61 Å². The van der Waals surface area contributed by atoms with Gasteiger partial charge in [0.1, 0.15) is 11.8 Å². The topological polar surface area (TPSA) is 111 Å². The number of para-hydroxylation sites is 1. The first kappa shape index (κ1) is 20.1. The van der Waals surface area contributed by atoms with Crippen molar-refractivity contribution < 1.29 is 32.8 Å². The molecular formula is C16H21N2O7P. The fourth-order valence-electron chi connectivity index (χ4n) is 2.06. The maximum atomic E-state index is 13.1. The molecule has 1 aliphatic heterocycles. The fraction of sp³-hybridized carbons (Fsp3) is 0.438. The second kappa shape index (κ2) is 8.93. The number of carbonyl (C=O) groups is 3. The van der Waals surface area contributed by atoms with Crippen LogP contribution in [0.2, 0.25) is 0 Å². The minimum absolute atomic E-state index is 0.0434. The van der Waals surface area contributed by atoms with E-state index in [1.807, 2.05) is 6.92 Å². The summed E-state index contributed by atoms with van der Waals surface area (Å²) in [7, 11) is -4.27. The molecule has 0 aliphatic carbocycles. The molecule has 0 radical (unpaired) electrons. The third-order valence-corrected chi connectivity index (χ3v) is 4.85. The minimum atomic E-state index is -4.27. The Morgan fingerprint density at radius 3 is 2.42 bits per heavy atom. The van der Waals surface area contributed by atoms with E-state index in [4.69, 9.17) is 13.9 Å². The third kappa shape index (κ3) is 5.39. The van der Waals surface area contributed by atoms with Gasteiger partial charge in [-0.25, -0.2) is 4.57 Å². The number of ether oxygens (including phenoxy) is 1. The van der Waals surface area contributed by atoms with Gasteiger partial charge < -0.3 is 9.26 Å². The molecule has 1 aliphatic rings. The Morgan fingerprint density at radius 1 is 1.23 bits per heavy atom. The number of imide groups is 1. The molecule has 0 bridgehead atoms. The van der Waals surface area contributed by atoms with Gasteiger partial charge in [0.15, 0.2) is 0 Å². The van der Waals surface area contributed by atoms with Gasteiger partial charge in [0, 0.05) is 12.8 Å². The standard InChI is InChI=1S/C16H21N2O7P/c1-3-11-23-16(21)12(2)17-26(22,24-13-7-5-4-6-8-13)25-18-14(19)9-10-15(18)20/h4-8,12H,3,9-11H2,1-2H3,(H,17,22)/t12-,26?/m0/s1. The first-order chi connectivity index (χ1) is 12.3. The average Bonchev–Trinajstić information content (AvgIpc) is 2.92. The molecule has 142 valence electrons. The molecule has 1 fully saturated rings. The number of nitrogens with one attached hydrogen (secondary N) is 1. The van der Waals surface area contributed by atoms with Crippen LogP contribution in [-0.2, 0) is 28.3 Å². The van der Waals surface area contributed by atoms with Crippen molar-refractivity contribution in [2.75, 3.05) is 6.61 Å². The maximum Gasteiger partial charge on any atom is 0.481 e. The highest BCUT2D eigenvalue weighted by molar-refractivity contribution is 7.52. The Kier molecular flexibility index (Phi) is 6.90. The molecule has 1 heterocycles. The van der Waals surface area contributed by atoms with Crippen molar-refractivity contribution in [1.29, 1.82) is 0 Å². The molecule has 1 N–H and O–H groups in total. The molecule has 10 heteroatoms. The zero-order chi connectivity index (χ0) is 19.2. The van der Waals surface area contributed by atoms with Gasteiger partial charge in [0.2, 0.25) is 0 Å². The van der Waals surface area contributed by atoms with Crippen molar-refractivity contribution in [2.45, 2.75) is 39.2 Å². The van der Waals surface area contributed by atoms with Crippen molar-refractivity contribution in [1.82, 2.24) is 10.2 Å². The van der Waals surface area contributed by atoms with Crippen LogP contribution in [-0.4, -0.2) is 35.5 Å². The second-order valence-electron chi connectivity index (χ2n) is 5.58. The Labute approximate surface area is 151 Å². The number of carbonyl (C=O) groups excluding carboxylic acids is 3. The molecule has 1 unspecified atom stereocenters. The predicted molar refractivity (Wildman–Crippen MR) is 90.7 cm³/mol. The van der Waals surface area contributed by atoms with Crippen LogP contribution in [0.1, 0.15) is 33.1 Å². The zero-order valence-electron chi connectivity index (χ0n) is 14.5. The first-order valence-corrected chi connectivity index (χ1v) is 9.73. The van der Waals surface area contributed by atoms with Crippen LogP contribution < -0.4 is 9.61 Å². The molecule has 1 aromatic rings. The van der Waals surface area contributed by atoms with Crippen molar-refractivity contribution in [3.63, 3.8) is 0 Å². The van der Waals surface area contributed by atoms with Gasteiger partial charge in [-0.2, -0.15) is 9.71 Å². The van der Waals surface area contributed by atoms with E-state index in [2.05, 4.69) is 5.09 Å². The number of esters is 1. The molecule has 26 heavy (non-hydrogen) atoms. The summed E-state index contributed by atoms with van der Waals surface area (Å²) in [6, 6.07) is 7.00. The summed E-state index contributed by atoms with van der Waals surface area (Å²) in [4.78, 5) is 35.5. The summed E-state index contributed by atoms with van der Waals surface area (Å²) in [5, 5.41) is 2.83. The lowest BCUT2D eigenvalue weighted by Crippen LogP contribution is -2.38. The normalized spacial score (nSPS) is 17.7. The largest absolute Gasteiger partial charge is 0.481 e. The molecule has 0 aromatic heterocycles. The summed E-state index contributed by atoms with van der Waals surface area (Å²) in [6.07, 6.45) is 0.542. The molecule has 0 saturated carbocycles. The average molecular weight is 384 g/mol. The van der Waals surface area contributed by atoms with Crippen LogP contribution in [0.5, 0.6) is 5.75 Å². The SMILES string of the molecule is CCCOC(=O)[C@H](C)NP(=O)(Oc1ccccc1)ON1C(=O)CCC1=O. The van der Waals surface area contributed by atoms with E-state index in [1.165, 1.54) is 19.1 Å². The Balaban J connectivity index is 2.17. The second-order valence-corrected chi connectivity index (χ2v) is 7.18. The van der Waals surface area contributed by atoms with Crippen molar-refractivity contribution in [3.8, 4) is 5.75 Å². The first-order valence-electron chi connectivity index (χ1n) is 8.19. The summed E-state index contributed by atoms with van der Waals surface area (Å²) in [5.74, 6) is -1.74. The number of hydrogen-bond acceptors (Lipinski definition) is 7. The molecule has 1 saturated heterocycles. The molecular weight excluding hydrogens is 363 g/mol. The summed E-state index contributed by atoms with van der Waals surface area (Å²) in [5.41, 5.74) is 0. The number of nitrogens with zero attached hydrogens (tertiary/aromatic N) is 1. The quantitative estimate of drug-likeness (QED) is 0.392. The highest BCUT2D eigenvalue weighted by Gasteiger charge is 2.41. The van der Waals surface area contributed by atoms with E-state index in [0.717, 1.165) is 0 Å². The Hall–Kier alpha value is -2.22. The van der Waals surface area contributed by atoms with Gasteiger partial charge >= 0.3 is 13.7 Å². The van der Waals surface area contributed by atoms with Gasteiger partial charge in [-0.15, -0.1) is 5.06 Å². The van der Waals surface area contributed by atoms with Gasteiger partial charge in [-0.3, -0.25) is 14.4 Å². The lowest BCUT2D eigenvalue weighted by atomic mass is 10.3. The zero-order valence-corrected chi connectivity index (χ0v) is 15.4. The van der Waals surface area contributed by atoms with Crippen LogP contribution in [0.4, 0.5) is 0 Å². The van der Waals surface area contributed by atoms with Crippen LogP contribution in [0.15, 0.2) is 30.3 Å². The molecule has 2 atom stereocenters. The van der Waals surface area contributed by atoms with Gasteiger partial charge in [0.25, 0.3) is 11.8 Å². The Morgan fingerprint density at radius 2 is 1.85 bits per heavy atom. The summed E-state index contributed by atoms with van der Waals surface area (Å²) < 4.78 is 28.5. The van der Waals surface area contributed by atoms with E-state index < -0.39 is 31.6 Å². The lowest BCUT2D eigenvalue weighted by Gasteiger charge is -2.25. The minimum Gasteiger partial charge on any atom is -0.465 e. The van der Waals surface area contributed by atoms with E-state index in [9.17, 15) is 18.9 Å². The van der Waals surface area contributed by atoms with E-state index in [-0.39, 0.29) is 25.2 Å². The highest BCUT2D eigenvalue weighted by atomic mass is 31.2. The van der Waals surface area contributed by atoms with Gasteiger partial charge in [-0.05, 0) is 25.5 Å². The van der Waals surface area contributed by atoms with E-state index >= 15 is 0 Å². The summed E-state index contributed by atoms with van der Waals surface area (Å²) in [6.45, 7) is 3.46. The fourth-order valence-corrected chi connectivity index (χ4v) is 3.57. The van der Waals surface area contributed by atoms with Crippen LogP contribution >= 0.6 is 7.75 Å². The number of benzene rings is 1. The molecule has 2 rings (SSSR count). The smallest absolute Gasteiger partial charge is 0.465 e. The highest BCUT2D eigenvalue weighted by Crippen LogP contribution is 2.46. The Bertz CT molecular complexity index is 694. The van der Waals surface area contributed by atoms with Crippen molar-refractivity contribution in [3.05, 3.63) is 30.3 Å². The predicted octanol–water partition coefficient (Wildman–Crippen LogP) is 2.19.